The highest BCUT2D eigenvalue weighted by Gasteiger charge is 2.30. The van der Waals surface area contributed by atoms with E-state index in [1.807, 2.05) is 12.1 Å². The number of amides is 1. The molecule has 0 bridgehead atoms. The summed E-state index contributed by atoms with van der Waals surface area (Å²) in [4.78, 5) is 12.1. The van der Waals surface area contributed by atoms with E-state index in [9.17, 15) is 17.6 Å². The van der Waals surface area contributed by atoms with Crippen molar-refractivity contribution in [3.05, 3.63) is 76.7 Å². The van der Waals surface area contributed by atoms with Gasteiger partial charge in [0, 0.05) is 22.7 Å². The van der Waals surface area contributed by atoms with Crippen LogP contribution in [0.5, 0.6) is 0 Å². The Balaban J connectivity index is 1.53. The van der Waals surface area contributed by atoms with Gasteiger partial charge in [-0.2, -0.15) is 5.10 Å². The minimum atomic E-state index is -4.03. The second-order valence-electron chi connectivity index (χ2n) is 7.00. The number of nitrogens with one attached hydrogen (secondary N) is 2. The average molecular weight is 449 g/mol. The van der Waals surface area contributed by atoms with Crippen LogP contribution in [-0.2, 0) is 16.6 Å². The highest BCUT2D eigenvalue weighted by Crippen LogP contribution is 2.24. The Kier molecular flexibility index (Phi) is 5.59. The van der Waals surface area contributed by atoms with E-state index in [1.54, 1.807) is 22.9 Å². The standard InChI is InChI=1S/C20H18ClFN4O3S/c21-15-4-1-13(2-5-15)12-26-19(9-10-23-26)24-20(27)14-3-8-17(22)18(11-14)30(28,29)25-16-6-7-16/h1-5,8-11,16,25H,6-7,12H2,(H,24,27). The van der Waals surface area contributed by atoms with Gasteiger partial charge in [0.1, 0.15) is 16.5 Å². The van der Waals surface area contributed by atoms with E-state index in [4.69, 9.17) is 11.6 Å². The van der Waals surface area contributed by atoms with Crippen molar-refractivity contribution in [1.29, 1.82) is 0 Å². The first-order valence-corrected chi connectivity index (χ1v) is 11.1. The first kappa shape index (κ1) is 20.5. The number of nitrogens with zero attached hydrogens (tertiary/aromatic N) is 2. The van der Waals surface area contributed by atoms with Crippen LogP contribution in [0.3, 0.4) is 0 Å². The number of rotatable bonds is 7. The first-order chi connectivity index (χ1) is 14.3. The maximum Gasteiger partial charge on any atom is 0.256 e. The van der Waals surface area contributed by atoms with Gasteiger partial charge in [0.25, 0.3) is 5.91 Å². The molecule has 3 aromatic rings. The van der Waals surface area contributed by atoms with Crippen molar-refractivity contribution in [3.8, 4) is 0 Å². The molecule has 1 aromatic heterocycles. The lowest BCUT2D eigenvalue weighted by molar-refractivity contribution is 0.102. The number of benzene rings is 2. The van der Waals surface area contributed by atoms with Crippen molar-refractivity contribution < 1.29 is 17.6 Å². The minimum absolute atomic E-state index is 0.0202. The van der Waals surface area contributed by atoms with E-state index < -0.39 is 26.6 Å². The zero-order valence-corrected chi connectivity index (χ0v) is 17.3. The molecule has 1 saturated carbocycles. The fraction of sp³-hybridized carbons (Fsp3) is 0.200. The Labute approximate surface area is 177 Å². The molecule has 156 valence electrons. The van der Waals surface area contributed by atoms with E-state index >= 15 is 0 Å². The van der Waals surface area contributed by atoms with Crippen LogP contribution < -0.4 is 10.0 Å². The molecule has 2 N–H and O–H groups in total. The van der Waals surface area contributed by atoms with Crippen molar-refractivity contribution in [2.45, 2.75) is 30.3 Å². The third kappa shape index (κ3) is 4.69. The summed E-state index contributed by atoms with van der Waals surface area (Å²) < 4.78 is 42.9. The molecule has 10 heteroatoms. The molecule has 1 aliphatic rings. The van der Waals surface area contributed by atoms with Crippen LogP contribution in [0.2, 0.25) is 5.02 Å². The number of halogens is 2. The largest absolute Gasteiger partial charge is 0.307 e. The lowest BCUT2D eigenvalue weighted by Crippen LogP contribution is -2.27. The average Bonchev–Trinajstić information content (AvgIpc) is 3.41. The van der Waals surface area contributed by atoms with Crippen LogP contribution >= 0.6 is 11.6 Å². The van der Waals surface area contributed by atoms with Gasteiger partial charge in [-0.3, -0.25) is 4.79 Å². The molecular weight excluding hydrogens is 431 g/mol. The van der Waals surface area contributed by atoms with Gasteiger partial charge in [-0.05, 0) is 48.7 Å². The summed E-state index contributed by atoms with van der Waals surface area (Å²) in [6.45, 7) is 0.397. The Morgan fingerprint density at radius 1 is 1.17 bits per heavy atom. The second-order valence-corrected chi connectivity index (χ2v) is 9.11. The van der Waals surface area contributed by atoms with Crippen molar-refractivity contribution in [3.63, 3.8) is 0 Å². The molecule has 0 spiro atoms. The molecule has 7 nitrogen and oxygen atoms in total. The van der Waals surface area contributed by atoms with Crippen molar-refractivity contribution in [1.82, 2.24) is 14.5 Å². The molecule has 0 atom stereocenters. The first-order valence-electron chi connectivity index (χ1n) is 9.21. The summed E-state index contributed by atoms with van der Waals surface area (Å²) in [6.07, 6.45) is 2.98. The topological polar surface area (TPSA) is 93.1 Å². The van der Waals surface area contributed by atoms with Crippen LogP contribution in [0, 0.1) is 5.82 Å². The summed E-state index contributed by atoms with van der Waals surface area (Å²) in [5.41, 5.74) is 0.951. The summed E-state index contributed by atoms with van der Waals surface area (Å²) in [5.74, 6) is -1.07. The summed E-state index contributed by atoms with van der Waals surface area (Å²) in [7, 11) is -4.03. The van der Waals surface area contributed by atoms with Gasteiger partial charge in [0.2, 0.25) is 10.0 Å². The fourth-order valence-electron chi connectivity index (χ4n) is 2.85. The van der Waals surface area contributed by atoms with Gasteiger partial charge in [-0.15, -0.1) is 0 Å². The number of carbonyl (C=O) groups is 1. The van der Waals surface area contributed by atoms with Gasteiger partial charge in [0.05, 0.1) is 12.7 Å². The maximum atomic E-state index is 14.1. The SMILES string of the molecule is O=C(Nc1ccnn1Cc1ccc(Cl)cc1)c1ccc(F)c(S(=O)(=O)NC2CC2)c1. The van der Waals surface area contributed by atoms with Crippen molar-refractivity contribution in [2.75, 3.05) is 5.32 Å². The molecule has 2 aromatic carbocycles. The molecule has 4 rings (SSSR count). The van der Waals surface area contributed by atoms with E-state index in [0.717, 1.165) is 30.5 Å². The number of aromatic nitrogens is 2. The highest BCUT2D eigenvalue weighted by atomic mass is 35.5. The number of hydrogen-bond donors (Lipinski definition) is 2. The number of carbonyl (C=O) groups excluding carboxylic acids is 1. The molecule has 0 saturated heterocycles. The van der Waals surface area contributed by atoms with Gasteiger partial charge in [0.15, 0.2) is 0 Å². The molecule has 30 heavy (non-hydrogen) atoms. The van der Waals surface area contributed by atoms with Gasteiger partial charge in [-0.25, -0.2) is 22.2 Å². The summed E-state index contributed by atoms with van der Waals surface area (Å²) >= 11 is 5.90. The van der Waals surface area contributed by atoms with Crippen molar-refractivity contribution >= 4 is 33.3 Å². The Morgan fingerprint density at radius 3 is 2.60 bits per heavy atom. The molecule has 1 aliphatic carbocycles. The zero-order valence-electron chi connectivity index (χ0n) is 15.7. The Bertz CT molecular complexity index is 1190. The van der Waals surface area contributed by atoms with Gasteiger partial charge >= 0.3 is 0 Å². The molecule has 1 amide bonds. The van der Waals surface area contributed by atoms with E-state index in [2.05, 4.69) is 15.1 Å². The molecular formula is C20H18ClFN4O3S. The summed E-state index contributed by atoms with van der Waals surface area (Å²) in [6, 6.07) is 11.9. The molecule has 1 fully saturated rings. The number of sulfonamides is 1. The number of anilines is 1. The van der Waals surface area contributed by atoms with Gasteiger partial charge in [-0.1, -0.05) is 23.7 Å². The van der Waals surface area contributed by atoms with E-state index in [1.165, 1.54) is 12.3 Å². The fourth-order valence-corrected chi connectivity index (χ4v) is 4.39. The Morgan fingerprint density at radius 2 is 1.90 bits per heavy atom. The van der Waals surface area contributed by atoms with Gasteiger partial charge < -0.3 is 5.32 Å². The molecule has 1 heterocycles. The minimum Gasteiger partial charge on any atom is -0.307 e. The monoisotopic (exact) mass is 448 g/mol. The van der Waals surface area contributed by atoms with Crippen LogP contribution in [0.1, 0.15) is 28.8 Å². The third-order valence-corrected chi connectivity index (χ3v) is 6.37. The van der Waals surface area contributed by atoms with E-state index in [0.29, 0.717) is 17.4 Å². The van der Waals surface area contributed by atoms with Crippen LogP contribution in [0.15, 0.2) is 59.6 Å². The van der Waals surface area contributed by atoms with Crippen molar-refractivity contribution in [2.24, 2.45) is 0 Å². The number of hydrogen-bond acceptors (Lipinski definition) is 4. The third-order valence-electron chi connectivity index (χ3n) is 4.59. The molecule has 0 radical (unpaired) electrons. The van der Waals surface area contributed by atoms with Crippen LogP contribution in [-0.4, -0.2) is 30.1 Å². The quantitative estimate of drug-likeness (QED) is 0.579. The zero-order chi connectivity index (χ0) is 21.3. The predicted molar refractivity (Wildman–Crippen MR) is 110 cm³/mol. The predicted octanol–water partition coefficient (Wildman–Crippen LogP) is 3.42. The molecule has 0 aliphatic heterocycles. The van der Waals surface area contributed by atoms with Crippen LogP contribution in [0.4, 0.5) is 10.2 Å². The summed E-state index contributed by atoms with van der Waals surface area (Å²) in [5, 5.41) is 7.50. The normalized spacial score (nSPS) is 13.9. The van der Waals surface area contributed by atoms with E-state index in [-0.39, 0.29) is 11.6 Å². The lowest BCUT2D eigenvalue weighted by atomic mass is 10.2. The Hall–Kier alpha value is -2.75. The molecule has 0 unspecified atom stereocenters. The lowest BCUT2D eigenvalue weighted by Gasteiger charge is -2.11. The highest BCUT2D eigenvalue weighted by molar-refractivity contribution is 7.89. The van der Waals surface area contributed by atoms with Crippen LogP contribution in [0.25, 0.3) is 0 Å². The second kappa shape index (κ2) is 8.17. The maximum absolute atomic E-state index is 14.1. The smallest absolute Gasteiger partial charge is 0.256 e.